The fourth-order valence-corrected chi connectivity index (χ4v) is 4.47. The fourth-order valence-electron chi connectivity index (χ4n) is 3.54. The summed E-state index contributed by atoms with van der Waals surface area (Å²) < 4.78 is 18.5. The third-order valence-corrected chi connectivity index (χ3v) is 5.95. The number of pyridine rings is 1. The first-order valence-corrected chi connectivity index (χ1v) is 10.0. The molecule has 138 valence electrons. The average molecular weight is 402 g/mol. The molecule has 0 spiro atoms. The Hall–Kier alpha value is -2.23. The lowest BCUT2D eigenvalue weighted by Gasteiger charge is -2.33. The third-order valence-electron chi connectivity index (χ3n) is 4.93. The summed E-state index contributed by atoms with van der Waals surface area (Å²) in [7, 11) is 1.58. The second-order valence-corrected chi connectivity index (χ2v) is 7.64. The molecule has 0 bridgehead atoms. The van der Waals surface area contributed by atoms with Crippen molar-refractivity contribution in [2.45, 2.75) is 5.41 Å². The molecule has 1 aromatic carbocycles. The van der Waals surface area contributed by atoms with Crippen molar-refractivity contribution >= 4 is 34.2 Å². The zero-order valence-electron chi connectivity index (χ0n) is 14.9. The van der Waals surface area contributed by atoms with Gasteiger partial charge in [-0.3, -0.25) is 0 Å². The summed E-state index contributed by atoms with van der Waals surface area (Å²) in [5.41, 5.74) is 1.29. The van der Waals surface area contributed by atoms with Gasteiger partial charge in [-0.05, 0) is 30.0 Å². The Balaban J connectivity index is 1.61. The average Bonchev–Trinajstić information content (AvgIpc) is 2.92. The summed E-state index contributed by atoms with van der Waals surface area (Å²) in [5, 5.41) is 1.32. The first-order chi connectivity index (χ1) is 13.1. The SMILES string of the molecule is COc1ccc(/N=C(/SC)N2C[C@@H]3C#C[C@]3(c3ccc(F)cc3Cl)C2)cn1. The van der Waals surface area contributed by atoms with Crippen LogP contribution in [0.3, 0.4) is 0 Å². The zero-order valence-corrected chi connectivity index (χ0v) is 16.4. The predicted molar refractivity (Wildman–Crippen MR) is 107 cm³/mol. The van der Waals surface area contributed by atoms with Gasteiger partial charge in [0.15, 0.2) is 5.17 Å². The molecule has 0 amide bonds. The summed E-state index contributed by atoms with van der Waals surface area (Å²) >= 11 is 7.91. The highest BCUT2D eigenvalue weighted by Crippen LogP contribution is 2.46. The molecule has 27 heavy (non-hydrogen) atoms. The quantitative estimate of drug-likeness (QED) is 0.440. The molecule has 1 aliphatic carbocycles. The summed E-state index contributed by atoms with van der Waals surface area (Å²) in [4.78, 5) is 11.1. The number of aliphatic imine (C=N–C) groups is 1. The molecule has 1 fully saturated rings. The maximum Gasteiger partial charge on any atom is 0.213 e. The topological polar surface area (TPSA) is 37.7 Å². The number of halogens is 2. The van der Waals surface area contributed by atoms with Crippen LogP contribution < -0.4 is 4.74 Å². The van der Waals surface area contributed by atoms with E-state index in [2.05, 4.69) is 21.7 Å². The fraction of sp³-hybridized carbons (Fsp3) is 0.300. The summed E-state index contributed by atoms with van der Waals surface area (Å²) in [6.45, 7) is 1.45. The lowest BCUT2D eigenvalue weighted by Crippen LogP contribution is -2.39. The lowest BCUT2D eigenvalue weighted by atomic mass is 9.67. The Morgan fingerprint density at radius 2 is 2.30 bits per heavy atom. The van der Waals surface area contributed by atoms with Crippen LogP contribution >= 0.6 is 23.4 Å². The number of hydrogen-bond donors (Lipinski definition) is 0. The molecule has 0 radical (unpaired) electrons. The number of hydrogen-bond acceptors (Lipinski definition) is 4. The van der Waals surface area contributed by atoms with Gasteiger partial charge in [0, 0.05) is 24.2 Å². The van der Waals surface area contributed by atoms with E-state index in [4.69, 9.17) is 21.3 Å². The van der Waals surface area contributed by atoms with Crippen LogP contribution in [0.1, 0.15) is 5.56 Å². The Morgan fingerprint density at radius 1 is 1.44 bits per heavy atom. The van der Waals surface area contributed by atoms with Crippen molar-refractivity contribution in [3.05, 3.63) is 52.9 Å². The van der Waals surface area contributed by atoms with Crippen molar-refractivity contribution in [3.63, 3.8) is 0 Å². The minimum atomic E-state index is -0.362. The maximum absolute atomic E-state index is 13.5. The van der Waals surface area contributed by atoms with Gasteiger partial charge in [-0.2, -0.15) is 0 Å². The minimum Gasteiger partial charge on any atom is -0.481 e. The van der Waals surface area contributed by atoms with Gasteiger partial charge < -0.3 is 9.64 Å². The molecular weight excluding hydrogens is 385 g/mol. The van der Waals surface area contributed by atoms with Gasteiger partial charge in [0.05, 0.1) is 30.3 Å². The van der Waals surface area contributed by atoms with E-state index in [9.17, 15) is 4.39 Å². The number of methoxy groups -OCH3 is 1. The summed E-state index contributed by atoms with van der Waals surface area (Å²) in [5.74, 6) is 6.91. The molecule has 1 aromatic heterocycles. The second kappa shape index (κ2) is 7.06. The van der Waals surface area contributed by atoms with Gasteiger partial charge >= 0.3 is 0 Å². The maximum atomic E-state index is 13.5. The number of rotatable bonds is 3. The monoisotopic (exact) mass is 401 g/mol. The number of nitrogens with zero attached hydrogens (tertiary/aromatic N) is 3. The third kappa shape index (κ3) is 3.15. The van der Waals surface area contributed by atoms with Crippen LogP contribution in [0, 0.1) is 23.6 Å². The van der Waals surface area contributed by atoms with Gasteiger partial charge in [-0.25, -0.2) is 14.4 Å². The molecule has 2 atom stereocenters. The zero-order chi connectivity index (χ0) is 19.0. The van der Waals surface area contributed by atoms with E-state index in [0.29, 0.717) is 17.4 Å². The van der Waals surface area contributed by atoms with Crippen molar-refractivity contribution < 1.29 is 9.13 Å². The Labute approximate surface area is 166 Å². The number of likely N-dealkylation sites (tertiary alicyclic amines) is 1. The van der Waals surface area contributed by atoms with Crippen LogP contribution in [0.2, 0.25) is 5.02 Å². The molecule has 1 aliphatic heterocycles. The lowest BCUT2D eigenvalue weighted by molar-refractivity contribution is 0.398. The molecule has 0 unspecified atom stereocenters. The first kappa shape index (κ1) is 18.1. The molecule has 2 heterocycles. The van der Waals surface area contributed by atoms with Gasteiger partial charge in [0.1, 0.15) is 5.82 Å². The van der Waals surface area contributed by atoms with Gasteiger partial charge in [0.25, 0.3) is 0 Å². The largest absolute Gasteiger partial charge is 0.481 e. The van der Waals surface area contributed by atoms with E-state index in [1.54, 1.807) is 37.2 Å². The predicted octanol–water partition coefficient (Wildman–Crippen LogP) is 4.12. The standard InChI is InChI=1S/C20H17ClFN3OS/c1-26-18-6-4-15(10-23-18)24-19(27-2)25-11-13-7-8-20(13,12-25)16-5-3-14(22)9-17(16)21/h3-6,9-10,13H,11-12H2,1-2H3/b24-19+/t13-,20-/m0/s1. The van der Waals surface area contributed by atoms with Crippen molar-refractivity contribution in [2.75, 3.05) is 26.5 Å². The minimum absolute atomic E-state index is 0.159. The highest BCUT2D eigenvalue weighted by Gasteiger charge is 2.52. The number of aromatic nitrogens is 1. The molecule has 2 aliphatic rings. The normalized spacial score (nSPS) is 23.3. The number of amidine groups is 1. The molecule has 2 aromatic rings. The van der Waals surface area contributed by atoms with E-state index >= 15 is 0 Å². The van der Waals surface area contributed by atoms with Crippen molar-refractivity contribution in [1.29, 1.82) is 0 Å². The highest BCUT2D eigenvalue weighted by molar-refractivity contribution is 8.13. The van der Waals surface area contributed by atoms with Crippen LogP contribution in [-0.2, 0) is 5.41 Å². The van der Waals surface area contributed by atoms with E-state index in [0.717, 1.165) is 23.0 Å². The van der Waals surface area contributed by atoms with E-state index < -0.39 is 0 Å². The number of benzene rings is 1. The van der Waals surface area contributed by atoms with Crippen molar-refractivity contribution in [3.8, 4) is 17.7 Å². The molecular formula is C20H17ClFN3OS. The van der Waals surface area contributed by atoms with Gasteiger partial charge in [-0.15, -0.1) is 0 Å². The van der Waals surface area contributed by atoms with E-state index in [-0.39, 0.29) is 17.2 Å². The first-order valence-electron chi connectivity index (χ1n) is 8.41. The molecule has 4 nitrogen and oxygen atoms in total. The number of thioether (sulfide) groups is 1. The second-order valence-electron chi connectivity index (χ2n) is 6.46. The Bertz CT molecular complexity index is 969. The molecule has 7 heteroatoms. The van der Waals surface area contributed by atoms with Crippen molar-refractivity contribution in [1.82, 2.24) is 9.88 Å². The van der Waals surface area contributed by atoms with Crippen LogP contribution in [-0.4, -0.2) is 41.5 Å². The van der Waals surface area contributed by atoms with Crippen LogP contribution in [0.15, 0.2) is 41.5 Å². The van der Waals surface area contributed by atoms with E-state index in [1.807, 2.05) is 12.3 Å². The van der Waals surface area contributed by atoms with E-state index in [1.165, 1.54) is 12.1 Å². The van der Waals surface area contributed by atoms with Crippen LogP contribution in [0.5, 0.6) is 5.88 Å². The molecule has 0 saturated carbocycles. The number of fused-ring (bicyclic) bond motifs is 1. The summed E-state index contributed by atoms with van der Waals surface area (Å²) in [6.07, 6.45) is 3.68. The molecule has 1 saturated heterocycles. The smallest absolute Gasteiger partial charge is 0.213 e. The Morgan fingerprint density at radius 3 is 2.89 bits per heavy atom. The van der Waals surface area contributed by atoms with Crippen LogP contribution in [0.4, 0.5) is 10.1 Å². The van der Waals surface area contributed by atoms with Gasteiger partial charge in [0.2, 0.25) is 5.88 Å². The Kier molecular flexibility index (Phi) is 4.75. The molecule has 4 rings (SSSR count). The molecule has 0 N–H and O–H groups in total. The van der Waals surface area contributed by atoms with Crippen molar-refractivity contribution in [2.24, 2.45) is 10.9 Å². The van der Waals surface area contributed by atoms with Crippen LogP contribution in [0.25, 0.3) is 0 Å². The number of ether oxygens (including phenoxy) is 1. The summed E-state index contributed by atoms with van der Waals surface area (Å²) in [6, 6.07) is 8.22. The highest BCUT2D eigenvalue weighted by atomic mass is 35.5. The van der Waals surface area contributed by atoms with Gasteiger partial charge in [-0.1, -0.05) is 41.3 Å².